The minimum Gasteiger partial charge on any atom is -0.342 e. The summed E-state index contributed by atoms with van der Waals surface area (Å²) in [5, 5.41) is 8.79. The van der Waals surface area contributed by atoms with Gasteiger partial charge >= 0.3 is 0 Å². The summed E-state index contributed by atoms with van der Waals surface area (Å²) < 4.78 is 28.7. The molecule has 2 heterocycles. The second-order valence-electron chi connectivity index (χ2n) is 7.89. The predicted molar refractivity (Wildman–Crippen MR) is 117 cm³/mol. The predicted octanol–water partition coefficient (Wildman–Crippen LogP) is 4.95. The van der Waals surface area contributed by atoms with Gasteiger partial charge in [-0.05, 0) is 74.2 Å². The fourth-order valence-corrected chi connectivity index (χ4v) is 4.60. The first-order valence-electron chi connectivity index (χ1n) is 10.3. The maximum absolute atomic E-state index is 13.5. The molecule has 0 saturated carbocycles. The molecular weight excluding hydrogens is 418 g/mol. The number of thioether (sulfide) groups is 1. The highest BCUT2D eigenvalue weighted by Crippen LogP contribution is 2.31. The Balaban J connectivity index is 1.64. The zero-order valence-electron chi connectivity index (χ0n) is 17.5. The summed E-state index contributed by atoms with van der Waals surface area (Å²) >= 11 is 1.32. The van der Waals surface area contributed by atoms with Crippen molar-refractivity contribution in [1.29, 1.82) is 0 Å². The van der Waals surface area contributed by atoms with Crippen LogP contribution in [-0.2, 0) is 4.79 Å². The Bertz CT molecular complexity index is 1040. The molecule has 0 bridgehead atoms. The molecule has 5 nitrogen and oxygen atoms in total. The van der Waals surface area contributed by atoms with E-state index in [9.17, 15) is 13.6 Å². The second-order valence-corrected chi connectivity index (χ2v) is 9.20. The Morgan fingerprint density at radius 3 is 2.19 bits per heavy atom. The highest BCUT2D eigenvalue weighted by atomic mass is 32.2. The molecule has 8 heteroatoms. The summed E-state index contributed by atoms with van der Waals surface area (Å²) in [6, 6.07) is 11.9. The molecule has 2 aromatic carbocycles. The van der Waals surface area contributed by atoms with Crippen molar-refractivity contribution in [2.75, 3.05) is 13.1 Å². The van der Waals surface area contributed by atoms with E-state index >= 15 is 0 Å². The van der Waals surface area contributed by atoms with Crippen LogP contribution in [0.1, 0.15) is 26.7 Å². The van der Waals surface area contributed by atoms with Crippen LogP contribution in [0.25, 0.3) is 17.1 Å². The summed E-state index contributed by atoms with van der Waals surface area (Å²) in [6.07, 6.45) is 2.03. The smallest absolute Gasteiger partial charge is 0.235 e. The van der Waals surface area contributed by atoms with Gasteiger partial charge in [0.05, 0.1) is 5.25 Å². The van der Waals surface area contributed by atoms with Gasteiger partial charge in [0.2, 0.25) is 5.91 Å². The highest BCUT2D eigenvalue weighted by molar-refractivity contribution is 8.00. The van der Waals surface area contributed by atoms with Gasteiger partial charge < -0.3 is 4.90 Å². The number of likely N-dealkylation sites (tertiary alicyclic amines) is 1. The molecule has 3 aromatic rings. The first-order chi connectivity index (χ1) is 14.9. The molecule has 1 atom stereocenters. The van der Waals surface area contributed by atoms with Crippen molar-refractivity contribution < 1.29 is 13.6 Å². The number of carbonyl (C=O) groups is 1. The van der Waals surface area contributed by atoms with Crippen molar-refractivity contribution >= 4 is 17.7 Å². The van der Waals surface area contributed by atoms with Crippen LogP contribution in [0.4, 0.5) is 8.78 Å². The van der Waals surface area contributed by atoms with E-state index in [4.69, 9.17) is 0 Å². The molecule has 4 rings (SSSR count). The molecule has 0 aliphatic carbocycles. The number of nitrogens with zero attached hydrogens (tertiary/aromatic N) is 4. The minimum atomic E-state index is -0.350. The van der Waals surface area contributed by atoms with Crippen molar-refractivity contribution in [3.05, 3.63) is 60.2 Å². The zero-order valence-corrected chi connectivity index (χ0v) is 18.3. The number of hydrogen-bond donors (Lipinski definition) is 0. The van der Waals surface area contributed by atoms with Gasteiger partial charge in [0.1, 0.15) is 11.6 Å². The van der Waals surface area contributed by atoms with Crippen LogP contribution in [0.15, 0.2) is 53.7 Å². The molecule has 1 aromatic heterocycles. The van der Waals surface area contributed by atoms with E-state index in [0.717, 1.165) is 25.9 Å². The quantitative estimate of drug-likeness (QED) is 0.525. The maximum Gasteiger partial charge on any atom is 0.235 e. The van der Waals surface area contributed by atoms with Crippen LogP contribution in [0, 0.1) is 17.6 Å². The van der Waals surface area contributed by atoms with Crippen molar-refractivity contribution in [3.63, 3.8) is 0 Å². The molecule has 1 aliphatic heterocycles. The van der Waals surface area contributed by atoms with Crippen molar-refractivity contribution in [2.24, 2.45) is 5.92 Å². The van der Waals surface area contributed by atoms with Gasteiger partial charge in [0, 0.05) is 24.3 Å². The van der Waals surface area contributed by atoms with E-state index in [1.54, 1.807) is 28.8 Å². The minimum absolute atomic E-state index is 0.0777. The van der Waals surface area contributed by atoms with Crippen LogP contribution in [-0.4, -0.2) is 43.9 Å². The third-order valence-electron chi connectivity index (χ3n) is 5.55. The average Bonchev–Trinajstić information content (AvgIpc) is 3.18. The van der Waals surface area contributed by atoms with Gasteiger partial charge in [-0.3, -0.25) is 9.36 Å². The molecule has 1 amide bonds. The van der Waals surface area contributed by atoms with Gasteiger partial charge in [0.15, 0.2) is 11.0 Å². The van der Waals surface area contributed by atoms with Gasteiger partial charge in [-0.25, -0.2) is 8.78 Å². The summed E-state index contributed by atoms with van der Waals surface area (Å²) in [6.45, 7) is 5.63. The SMILES string of the molecule is CC1CCN(C(=O)C(C)Sc2nnc(-c3ccc(F)cc3)n2-c2ccc(F)cc2)CC1. The molecule has 0 N–H and O–H groups in total. The van der Waals surface area contributed by atoms with E-state index in [0.29, 0.717) is 28.1 Å². The third-order valence-corrected chi connectivity index (χ3v) is 6.58. The van der Waals surface area contributed by atoms with Crippen molar-refractivity contribution in [3.8, 4) is 17.1 Å². The van der Waals surface area contributed by atoms with E-state index < -0.39 is 0 Å². The normalized spacial score (nSPS) is 15.8. The molecule has 0 spiro atoms. The number of halogens is 2. The van der Waals surface area contributed by atoms with Gasteiger partial charge in [-0.2, -0.15) is 0 Å². The molecule has 162 valence electrons. The van der Waals surface area contributed by atoms with Crippen LogP contribution in [0.3, 0.4) is 0 Å². The molecular formula is C23H24F2N4OS. The summed E-state index contributed by atoms with van der Waals surface area (Å²) in [5.41, 5.74) is 1.34. The Labute approximate surface area is 184 Å². The van der Waals surface area contributed by atoms with E-state index in [-0.39, 0.29) is 22.8 Å². The number of rotatable bonds is 5. The Hall–Kier alpha value is -2.74. The van der Waals surface area contributed by atoms with Crippen LogP contribution < -0.4 is 0 Å². The van der Waals surface area contributed by atoms with Crippen molar-refractivity contribution in [2.45, 2.75) is 37.1 Å². The molecule has 1 aliphatic rings. The van der Waals surface area contributed by atoms with Crippen molar-refractivity contribution in [1.82, 2.24) is 19.7 Å². The van der Waals surface area contributed by atoms with Gasteiger partial charge in [-0.15, -0.1) is 10.2 Å². The lowest BCUT2D eigenvalue weighted by Crippen LogP contribution is -2.41. The number of carbonyl (C=O) groups excluding carboxylic acids is 1. The monoisotopic (exact) mass is 442 g/mol. The van der Waals surface area contributed by atoms with E-state index in [1.165, 1.54) is 36.0 Å². The Morgan fingerprint density at radius 2 is 1.58 bits per heavy atom. The number of piperidine rings is 1. The fraction of sp³-hybridized carbons (Fsp3) is 0.348. The summed E-state index contributed by atoms with van der Waals surface area (Å²) in [5.74, 6) is 0.528. The first kappa shape index (κ1) is 21.5. The van der Waals surface area contributed by atoms with E-state index in [1.807, 2.05) is 11.8 Å². The van der Waals surface area contributed by atoms with Crippen LogP contribution >= 0.6 is 11.8 Å². The second kappa shape index (κ2) is 9.18. The highest BCUT2D eigenvalue weighted by Gasteiger charge is 2.27. The summed E-state index contributed by atoms with van der Waals surface area (Å²) in [7, 11) is 0. The van der Waals surface area contributed by atoms with E-state index in [2.05, 4.69) is 17.1 Å². The Morgan fingerprint density at radius 1 is 1.00 bits per heavy atom. The lowest BCUT2D eigenvalue weighted by Gasteiger charge is -2.32. The van der Waals surface area contributed by atoms with Crippen LogP contribution in [0.5, 0.6) is 0 Å². The van der Waals surface area contributed by atoms with Gasteiger partial charge in [-0.1, -0.05) is 18.7 Å². The lowest BCUT2D eigenvalue weighted by molar-refractivity contribution is -0.131. The zero-order chi connectivity index (χ0) is 22.0. The van der Waals surface area contributed by atoms with Crippen LogP contribution in [0.2, 0.25) is 0 Å². The molecule has 1 saturated heterocycles. The summed E-state index contributed by atoms with van der Waals surface area (Å²) in [4.78, 5) is 14.9. The lowest BCUT2D eigenvalue weighted by atomic mass is 9.99. The topological polar surface area (TPSA) is 51.0 Å². The molecule has 1 fully saturated rings. The largest absolute Gasteiger partial charge is 0.342 e. The fourth-order valence-electron chi connectivity index (χ4n) is 3.65. The Kier molecular flexibility index (Phi) is 6.36. The average molecular weight is 443 g/mol. The molecule has 0 radical (unpaired) electrons. The number of benzene rings is 2. The van der Waals surface area contributed by atoms with Gasteiger partial charge in [0.25, 0.3) is 0 Å². The number of aromatic nitrogens is 3. The number of hydrogen-bond acceptors (Lipinski definition) is 4. The first-order valence-corrected chi connectivity index (χ1v) is 11.2. The third kappa shape index (κ3) is 4.79. The molecule has 1 unspecified atom stereocenters. The molecule has 31 heavy (non-hydrogen) atoms. The maximum atomic E-state index is 13.5. The number of amides is 1. The standard InChI is InChI=1S/C23H24F2N4OS/c1-15-11-13-28(14-12-15)22(30)16(2)31-23-27-26-21(17-3-5-18(24)6-4-17)29(23)20-9-7-19(25)8-10-20/h3-10,15-16H,11-14H2,1-2H3.